The predicted molar refractivity (Wildman–Crippen MR) is 94.2 cm³/mol. The third-order valence-corrected chi connectivity index (χ3v) is 3.49. The predicted octanol–water partition coefficient (Wildman–Crippen LogP) is 3.36. The first-order chi connectivity index (χ1) is 11.5. The Bertz CT molecular complexity index is 728. The van der Waals surface area contributed by atoms with E-state index in [-0.39, 0.29) is 11.7 Å². The Balaban J connectivity index is 1.81. The maximum Gasteiger partial charge on any atom is 0.178 e. The van der Waals surface area contributed by atoms with Gasteiger partial charge in [-0.15, -0.1) is 0 Å². The smallest absolute Gasteiger partial charge is 0.178 e. The summed E-state index contributed by atoms with van der Waals surface area (Å²) in [6, 6.07) is 11.3. The first kappa shape index (κ1) is 17.8. The highest BCUT2D eigenvalue weighted by Crippen LogP contribution is 2.10. The van der Waals surface area contributed by atoms with E-state index in [1.165, 1.54) is 6.92 Å². The molecule has 1 atom stereocenters. The second kappa shape index (κ2) is 8.36. The minimum absolute atomic E-state index is 0.0237. The topological polar surface area (TPSA) is 64.1 Å². The molecule has 2 heterocycles. The maximum absolute atomic E-state index is 11.4. The fourth-order valence-electron chi connectivity index (χ4n) is 2.24. The molecule has 24 heavy (non-hydrogen) atoms. The van der Waals surface area contributed by atoms with Crippen molar-refractivity contribution in [2.45, 2.75) is 27.2 Å². The van der Waals surface area contributed by atoms with Crippen molar-refractivity contribution >= 4 is 11.5 Å². The fourth-order valence-corrected chi connectivity index (χ4v) is 2.24. The van der Waals surface area contributed by atoms with E-state index in [1.54, 1.807) is 6.07 Å². The van der Waals surface area contributed by atoms with Crippen molar-refractivity contribution in [1.29, 1.82) is 0 Å². The van der Waals surface area contributed by atoms with Crippen molar-refractivity contribution in [3.8, 4) is 0 Å². The van der Waals surface area contributed by atoms with Gasteiger partial charge in [0.15, 0.2) is 5.78 Å². The number of rotatable bonds is 8. The van der Waals surface area contributed by atoms with Crippen LogP contribution in [0.4, 0.5) is 0 Å². The molecule has 0 amide bonds. The normalized spacial score (nSPS) is 11.8. The average Bonchev–Trinajstić information content (AvgIpc) is 2.55. The first-order valence-electron chi connectivity index (χ1n) is 7.93. The number of aromatic nitrogens is 2. The molecule has 2 aromatic rings. The van der Waals surface area contributed by atoms with Crippen LogP contribution in [0.5, 0.6) is 0 Å². The summed E-state index contributed by atoms with van der Waals surface area (Å²) >= 11 is 0. The van der Waals surface area contributed by atoms with Gasteiger partial charge in [-0.05, 0) is 43.5 Å². The molecule has 0 fully saturated rings. The summed E-state index contributed by atoms with van der Waals surface area (Å²) in [5, 5.41) is 0. The van der Waals surface area contributed by atoms with Crippen LogP contribution in [0.3, 0.4) is 0 Å². The highest BCUT2D eigenvalue weighted by Gasteiger charge is 2.08. The second-order valence-corrected chi connectivity index (χ2v) is 5.94. The molecule has 0 saturated carbocycles. The highest BCUT2D eigenvalue weighted by molar-refractivity contribution is 5.92. The van der Waals surface area contributed by atoms with Gasteiger partial charge in [-0.1, -0.05) is 25.6 Å². The van der Waals surface area contributed by atoms with E-state index in [9.17, 15) is 4.79 Å². The highest BCUT2D eigenvalue weighted by atomic mass is 16.6. The molecule has 1 N–H and O–H groups in total. The monoisotopic (exact) mass is 325 g/mol. The number of hydrogen-bond donors (Lipinski definition) is 1. The van der Waals surface area contributed by atoms with Crippen molar-refractivity contribution in [2.24, 2.45) is 5.92 Å². The van der Waals surface area contributed by atoms with E-state index in [2.05, 4.69) is 29.0 Å². The Morgan fingerprint density at radius 1 is 1.21 bits per heavy atom. The molecule has 1 unspecified atom stereocenters. The molecule has 0 aliphatic rings. The average molecular weight is 325 g/mol. The molecular weight excluding hydrogens is 302 g/mol. The van der Waals surface area contributed by atoms with E-state index >= 15 is 0 Å². The third-order valence-electron chi connectivity index (χ3n) is 3.49. The Hall–Kier alpha value is -2.53. The number of aryl methyl sites for hydroxylation is 1. The number of carbonyl (C=O) groups is 1. The van der Waals surface area contributed by atoms with Gasteiger partial charge in [0, 0.05) is 18.3 Å². The van der Waals surface area contributed by atoms with Gasteiger partial charge in [0.05, 0.1) is 18.0 Å². The lowest BCUT2D eigenvalue weighted by Gasteiger charge is -2.14. The lowest BCUT2D eigenvalue weighted by Crippen LogP contribution is -2.19. The summed E-state index contributed by atoms with van der Waals surface area (Å²) in [4.78, 5) is 25.6. The number of nitrogens with one attached hydrogen (secondary N) is 1. The van der Waals surface area contributed by atoms with Crippen molar-refractivity contribution in [3.05, 3.63) is 65.8 Å². The number of hydrogen-bond acceptors (Lipinski definition) is 5. The van der Waals surface area contributed by atoms with Crippen LogP contribution in [0, 0.1) is 12.8 Å². The SMILES string of the molecule is C=C(NOCC(C)Cc1cccc(C(C)=O)n1)c1cccc(C)n1. The van der Waals surface area contributed by atoms with Crippen molar-refractivity contribution in [3.63, 3.8) is 0 Å². The van der Waals surface area contributed by atoms with Crippen LogP contribution in [-0.2, 0) is 11.3 Å². The molecule has 2 aromatic heterocycles. The summed E-state index contributed by atoms with van der Waals surface area (Å²) in [6.07, 6.45) is 0.734. The number of Topliss-reactive ketones (excluding diaryl/α,β-unsaturated/α-hetero) is 1. The standard InChI is InChI=1S/C19H23N3O2/c1-13(11-17-8-6-10-19(21-17)16(4)23)12-24-22-15(3)18-9-5-7-14(2)20-18/h5-10,13,22H,3,11-12H2,1-2,4H3. The van der Waals surface area contributed by atoms with Crippen molar-refractivity contribution in [1.82, 2.24) is 15.4 Å². The molecule has 5 heteroatoms. The molecule has 0 bridgehead atoms. The molecule has 0 saturated heterocycles. The number of ketones is 1. The maximum atomic E-state index is 11.4. The van der Waals surface area contributed by atoms with Crippen LogP contribution in [-0.4, -0.2) is 22.4 Å². The Labute approximate surface area is 142 Å². The molecule has 0 radical (unpaired) electrons. The lowest BCUT2D eigenvalue weighted by molar-refractivity contribution is 0.0537. The van der Waals surface area contributed by atoms with E-state index < -0.39 is 0 Å². The molecule has 0 aromatic carbocycles. The zero-order valence-corrected chi connectivity index (χ0v) is 14.4. The Morgan fingerprint density at radius 3 is 2.62 bits per heavy atom. The van der Waals surface area contributed by atoms with E-state index in [0.717, 1.165) is 23.5 Å². The summed E-state index contributed by atoms with van der Waals surface area (Å²) in [6.45, 7) is 9.95. The molecule has 0 aliphatic heterocycles. The van der Waals surface area contributed by atoms with Gasteiger partial charge in [0.2, 0.25) is 0 Å². The number of pyridine rings is 2. The second-order valence-electron chi connectivity index (χ2n) is 5.94. The molecule has 0 aliphatic carbocycles. The van der Waals surface area contributed by atoms with Crippen LogP contribution in [0.2, 0.25) is 0 Å². The van der Waals surface area contributed by atoms with Gasteiger partial charge in [0.1, 0.15) is 5.69 Å². The van der Waals surface area contributed by atoms with Gasteiger partial charge < -0.3 is 0 Å². The zero-order chi connectivity index (χ0) is 17.5. The summed E-state index contributed by atoms with van der Waals surface area (Å²) in [5.41, 5.74) is 6.55. The van der Waals surface area contributed by atoms with Gasteiger partial charge in [-0.25, -0.2) is 4.98 Å². The van der Waals surface area contributed by atoms with E-state index in [0.29, 0.717) is 18.0 Å². The first-order valence-corrected chi connectivity index (χ1v) is 7.93. The zero-order valence-electron chi connectivity index (χ0n) is 14.4. The summed E-state index contributed by atoms with van der Waals surface area (Å²) < 4.78 is 0. The number of carbonyl (C=O) groups excluding carboxylic acids is 1. The van der Waals surface area contributed by atoms with Crippen LogP contribution < -0.4 is 5.48 Å². The number of nitrogens with zero attached hydrogens (tertiary/aromatic N) is 2. The molecular formula is C19H23N3O2. The summed E-state index contributed by atoms with van der Waals surface area (Å²) in [7, 11) is 0. The van der Waals surface area contributed by atoms with Crippen LogP contribution in [0.1, 0.15) is 41.4 Å². The third kappa shape index (κ3) is 5.28. The molecule has 5 nitrogen and oxygen atoms in total. The van der Waals surface area contributed by atoms with E-state index in [4.69, 9.17) is 4.84 Å². The fraction of sp³-hybridized carbons (Fsp3) is 0.316. The van der Waals surface area contributed by atoms with Crippen LogP contribution >= 0.6 is 0 Å². The van der Waals surface area contributed by atoms with E-state index in [1.807, 2.05) is 37.3 Å². The van der Waals surface area contributed by atoms with Gasteiger partial charge in [-0.3, -0.25) is 20.1 Å². The number of hydroxylamine groups is 1. The van der Waals surface area contributed by atoms with Crippen molar-refractivity contribution in [2.75, 3.05) is 6.61 Å². The van der Waals surface area contributed by atoms with Gasteiger partial charge in [-0.2, -0.15) is 0 Å². The lowest BCUT2D eigenvalue weighted by atomic mass is 10.1. The molecule has 126 valence electrons. The van der Waals surface area contributed by atoms with Crippen LogP contribution in [0.25, 0.3) is 5.70 Å². The minimum Gasteiger partial charge on any atom is -0.293 e. The molecule has 0 spiro atoms. The van der Waals surface area contributed by atoms with Gasteiger partial charge in [0.25, 0.3) is 0 Å². The minimum atomic E-state index is -0.0237. The van der Waals surface area contributed by atoms with Crippen LogP contribution in [0.15, 0.2) is 43.0 Å². The largest absolute Gasteiger partial charge is 0.293 e. The Kier molecular flexibility index (Phi) is 6.21. The summed E-state index contributed by atoms with van der Waals surface area (Å²) in [5.74, 6) is 0.217. The molecule has 2 rings (SSSR count). The Morgan fingerprint density at radius 2 is 1.92 bits per heavy atom. The quantitative estimate of drug-likeness (QED) is 0.595. The van der Waals surface area contributed by atoms with Crippen molar-refractivity contribution < 1.29 is 9.63 Å². The van der Waals surface area contributed by atoms with Gasteiger partial charge >= 0.3 is 0 Å².